The predicted molar refractivity (Wildman–Crippen MR) is 63.1 cm³/mol. The molecule has 0 bridgehead atoms. The lowest BCUT2D eigenvalue weighted by molar-refractivity contribution is -0.150. The first-order valence-corrected chi connectivity index (χ1v) is 5.59. The van der Waals surface area contributed by atoms with Crippen LogP contribution in [0.15, 0.2) is 18.2 Å². The molecule has 0 amide bonds. The van der Waals surface area contributed by atoms with Crippen LogP contribution in [0.1, 0.15) is 31.1 Å². The summed E-state index contributed by atoms with van der Waals surface area (Å²) in [4.78, 5) is 22.7. The number of ketones is 1. The lowest BCUT2D eigenvalue weighted by Crippen LogP contribution is -2.26. The van der Waals surface area contributed by atoms with E-state index < -0.39 is 17.9 Å². The summed E-state index contributed by atoms with van der Waals surface area (Å²) in [5, 5.41) is 0. The molecule has 0 heterocycles. The second kappa shape index (κ2) is 6.14. The molecule has 1 atom stereocenters. The quantitative estimate of drug-likeness (QED) is 0.598. The van der Waals surface area contributed by atoms with Gasteiger partial charge in [-0.3, -0.25) is 4.79 Å². The zero-order valence-electron chi connectivity index (χ0n) is 10.5. The van der Waals surface area contributed by atoms with Crippen molar-refractivity contribution in [2.45, 2.75) is 26.9 Å². The monoisotopic (exact) mass is 254 g/mol. The fourth-order valence-corrected chi connectivity index (χ4v) is 1.38. The minimum absolute atomic E-state index is 0.103. The van der Waals surface area contributed by atoms with Crippen LogP contribution in [0.3, 0.4) is 0 Å². The average Bonchev–Trinajstić information content (AvgIpc) is 2.31. The minimum Gasteiger partial charge on any atom is -0.478 e. The highest BCUT2D eigenvalue weighted by molar-refractivity contribution is 5.96. The maximum atomic E-state index is 13.0. The molecule has 0 radical (unpaired) electrons. The van der Waals surface area contributed by atoms with Gasteiger partial charge < -0.3 is 9.47 Å². The van der Waals surface area contributed by atoms with Crippen LogP contribution in [0.5, 0.6) is 5.75 Å². The van der Waals surface area contributed by atoms with Crippen LogP contribution in [0.2, 0.25) is 0 Å². The smallest absolute Gasteiger partial charge is 0.347 e. The molecule has 0 aliphatic carbocycles. The topological polar surface area (TPSA) is 52.6 Å². The van der Waals surface area contributed by atoms with Crippen LogP contribution in [0, 0.1) is 5.82 Å². The van der Waals surface area contributed by atoms with E-state index in [2.05, 4.69) is 0 Å². The molecule has 1 aromatic carbocycles. The Morgan fingerprint density at radius 3 is 2.61 bits per heavy atom. The van der Waals surface area contributed by atoms with E-state index in [9.17, 15) is 14.0 Å². The molecular weight excluding hydrogens is 239 g/mol. The van der Waals surface area contributed by atoms with Crippen molar-refractivity contribution in [2.75, 3.05) is 6.61 Å². The highest BCUT2D eigenvalue weighted by Crippen LogP contribution is 2.21. The van der Waals surface area contributed by atoms with Crippen molar-refractivity contribution in [3.05, 3.63) is 29.6 Å². The van der Waals surface area contributed by atoms with Crippen LogP contribution >= 0.6 is 0 Å². The number of hydrogen-bond acceptors (Lipinski definition) is 4. The van der Waals surface area contributed by atoms with Gasteiger partial charge in [-0.1, -0.05) is 0 Å². The Hall–Kier alpha value is -1.91. The summed E-state index contributed by atoms with van der Waals surface area (Å²) < 4.78 is 23.1. The molecule has 0 spiro atoms. The van der Waals surface area contributed by atoms with Crippen molar-refractivity contribution in [1.82, 2.24) is 0 Å². The number of benzene rings is 1. The Bertz CT molecular complexity index is 456. The van der Waals surface area contributed by atoms with Gasteiger partial charge in [0.05, 0.1) is 12.2 Å². The molecule has 0 saturated heterocycles. The summed E-state index contributed by atoms with van der Waals surface area (Å²) in [6, 6.07) is 3.57. The van der Waals surface area contributed by atoms with E-state index >= 15 is 0 Å². The van der Waals surface area contributed by atoms with Crippen molar-refractivity contribution < 1.29 is 23.5 Å². The lowest BCUT2D eigenvalue weighted by Gasteiger charge is -2.15. The summed E-state index contributed by atoms with van der Waals surface area (Å²) in [7, 11) is 0. The number of rotatable bonds is 5. The van der Waals surface area contributed by atoms with Gasteiger partial charge in [-0.05, 0) is 39.0 Å². The molecule has 1 aromatic rings. The normalized spacial score (nSPS) is 11.8. The zero-order valence-corrected chi connectivity index (χ0v) is 10.5. The van der Waals surface area contributed by atoms with Crippen molar-refractivity contribution in [3.8, 4) is 5.75 Å². The predicted octanol–water partition coefficient (Wildman–Crippen LogP) is 2.36. The Balaban J connectivity index is 2.90. The molecule has 4 nitrogen and oxygen atoms in total. The highest BCUT2D eigenvalue weighted by Gasteiger charge is 2.19. The van der Waals surface area contributed by atoms with E-state index in [-0.39, 0.29) is 23.7 Å². The Labute approximate surface area is 105 Å². The standard InChI is InChI=1S/C13H15FO4/c1-4-17-13(16)9(3)18-12-6-5-10(14)7-11(12)8(2)15/h5-7,9H,4H2,1-3H3. The number of halogens is 1. The third kappa shape index (κ3) is 3.55. The van der Waals surface area contributed by atoms with Gasteiger partial charge in [-0.15, -0.1) is 0 Å². The molecule has 0 aromatic heterocycles. The largest absolute Gasteiger partial charge is 0.478 e. The second-order valence-electron chi connectivity index (χ2n) is 3.71. The fraction of sp³-hybridized carbons (Fsp3) is 0.385. The first-order valence-electron chi connectivity index (χ1n) is 5.59. The van der Waals surface area contributed by atoms with Gasteiger partial charge in [0.1, 0.15) is 11.6 Å². The van der Waals surface area contributed by atoms with E-state index in [0.717, 1.165) is 6.07 Å². The molecule has 1 rings (SSSR count). The third-order valence-electron chi connectivity index (χ3n) is 2.24. The van der Waals surface area contributed by atoms with Gasteiger partial charge in [0.25, 0.3) is 0 Å². The molecule has 0 saturated carbocycles. The molecule has 1 unspecified atom stereocenters. The third-order valence-corrected chi connectivity index (χ3v) is 2.24. The Morgan fingerprint density at radius 2 is 2.06 bits per heavy atom. The summed E-state index contributed by atoms with van der Waals surface area (Å²) >= 11 is 0. The molecule has 18 heavy (non-hydrogen) atoms. The molecule has 0 N–H and O–H groups in total. The number of carbonyl (C=O) groups excluding carboxylic acids is 2. The van der Waals surface area contributed by atoms with Crippen molar-refractivity contribution in [3.63, 3.8) is 0 Å². The zero-order chi connectivity index (χ0) is 13.7. The van der Waals surface area contributed by atoms with E-state index in [1.807, 2.05) is 0 Å². The Morgan fingerprint density at radius 1 is 1.39 bits per heavy atom. The average molecular weight is 254 g/mol. The van der Waals surface area contributed by atoms with Gasteiger partial charge >= 0.3 is 5.97 Å². The molecule has 0 aliphatic heterocycles. The summed E-state index contributed by atoms with van der Waals surface area (Å²) in [6.45, 7) is 4.74. The van der Waals surface area contributed by atoms with Crippen LogP contribution in [0.4, 0.5) is 4.39 Å². The van der Waals surface area contributed by atoms with Gasteiger partial charge in [0.2, 0.25) is 0 Å². The van der Waals surface area contributed by atoms with E-state index in [4.69, 9.17) is 9.47 Å². The maximum Gasteiger partial charge on any atom is 0.347 e. The SMILES string of the molecule is CCOC(=O)C(C)Oc1ccc(F)cc1C(C)=O. The minimum atomic E-state index is -0.853. The molecule has 0 fully saturated rings. The van der Waals surface area contributed by atoms with Crippen LogP contribution in [-0.4, -0.2) is 24.5 Å². The number of carbonyl (C=O) groups is 2. The first-order chi connectivity index (χ1) is 8.45. The first kappa shape index (κ1) is 14.2. The number of esters is 1. The maximum absolute atomic E-state index is 13.0. The van der Waals surface area contributed by atoms with Gasteiger partial charge in [-0.2, -0.15) is 0 Å². The second-order valence-corrected chi connectivity index (χ2v) is 3.71. The lowest BCUT2D eigenvalue weighted by atomic mass is 10.1. The number of ether oxygens (including phenoxy) is 2. The molecule has 0 aliphatic rings. The highest BCUT2D eigenvalue weighted by atomic mass is 19.1. The number of Topliss-reactive ketones (excluding diaryl/α,β-unsaturated/α-hetero) is 1. The van der Waals surface area contributed by atoms with E-state index in [1.54, 1.807) is 6.92 Å². The molecule has 5 heteroatoms. The number of hydrogen-bond donors (Lipinski definition) is 0. The van der Waals surface area contributed by atoms with Gasteiger partial charge in [-0.25, -0.2) is 9.18 Å². The van der Waals surface area contributed by atoms with Crippen LogP contribution in [0.25, 0.3) is 0 Å². The van der Waals surface area contributed by atoms with Crippen molar-refractivity contribution in [1.29, 1.82) is 0 Å². The summed E-state index contributed by atoms with van der Waals surface area (Å²) in [5.41, 5.74) is 0.103. The van der Waals surface area contributed by atoms with Gasteiger partial charge in [0.15, 0.2) is 11.9 Å². The Kier molecular flexibility index (Phi) is 4.83. The fourth-order valence-electron chi connectivity index (χ4n) is 1.38. The van der Waals surface area contributed by atoms with Gasteiger partial charge in [0, 0.05) is 0 Å². The van der Waals surface area contributed by atoms with Crippen molar-refractivity contribution in [2.24, 2.45) is 0 Å². The van der Waals surface area contributed by atoms with Crippen LogP contribution < -0.4 is 4.74 Å². The molecule has 98 valence electrons. The van der Waals surface area contributed by atoms with E-state index in [1.165, 1.54) is 26.0 Å². The summed E-state index contributed by atoms with van der Waals surface area (Å²) in [6.07, 6.45) is -0.853. The van der Waals surface area contributed by atoms with Crippen molar-refractivity contribution >= 4 is 11.8 Å². The van der Waals surface area contributed by atoms with E-state index in [0.29, 0.717) is 0 Å². The summed E-state index contributed by atoms with van der Waals surface area (Å²) in [5.74, 6) is -1.22. The molecular formula is C13H15FO4. The van der Waals surface area contributed by atoms with Crippen LogP contribution in [-0.2, 0) is 9.53 Å².